The molecule has 0 unspecified atom stereocenters. The quantitative estimate of drug-likeness (QED) is 0.168. The summed E-state index contributed by atoms with van der Waals surface area (Å²) in [5.74, 6) is 0. The van der Waals surface area contributed by atoms with E-state index in [0.29, 0.717) is 0 Å². The predicted molar refractivity (Wildman–Crippen MR) is 255 cm³/mol. The molecule has 0 aliphatic rings. The van der Waals surface area contributed by atoms with Gasteiger partial charge in [-0.15, -0.1) is 0 Å². The number of benzene rings is 11. The van der Waals surface area contributed by atoms with Crippen LogP contribution in [-0.2, 0) is 0 Å². The maximum atomic E-state index is 6.80. The summed E-state index contributed by atoms with van der Waals surface area (Å²) in [4.78, 5) is 2.33. The van der Waals surface area contributed by atoms with Crippen molar-refractivity contribution in [1.82, 2.24) is 0 Å². The van der Waals surface area contributed by atoms with E-state index in [9.17, 15) is 0 Å². The molecule has 1 heterocycles. The SMILES string of the molecule is c1ccc2cc(-c3ccc(N(c4ccc(-c5ccc6cc(-c7ccc8ccccc8c7)ccc6c5)cc4)c4cccc5c4oc4ccc6ccccc6c45)cc3)ccc2c1. The summed E-state index contributed by atoms with van der Waals surface area (Å²) in [6.45, 7) is 0. The van der Waals surface area contributed by atoms with Crippen LogP contribution in [-0.4, -0.2) is 0 Å². The lowest BCUT2D eigenvalue weighted by atomic mass is 9.96. The zero-order valence-electron chi connectivity index (χ0n) is 32.7. The second kappa shape index (κ2) is 13.9. The number of anilines is 3. The lowest BCUT2D eigenvalue weighted by molar-refractivity contribution is 0.669. The van der Waals surface area contributed by atoms with Gasteiger partial charge in [0.2, 0.25) is 0 Å². The van der Waals surface area contributed by atoms with Gasteiger partial charge in [0.15, 0.2) is 5.58 Å². The molecule has 0 N–H and O–H groups in total. The summed E-state index contributed by atoms with van der Waals surface area (Å²) in [7, 11) is 0. The number of nitrogens with zero attached hydrogens (tertiary/aromatic N) is 1. The van der Waals surface area contributed by atoms with Crippen LogP contribution < -0.4 is 4.90 Å². The molecule has 0 spiro atoms. The van der Waals surface area contributed by atoms with Crippen LogP contribution in [0.2, 0.25) is 0 Å². The van der Waals surface area contributed by atoms with Gasteiger partial charge < -0.3 is 9.32 Å². The van der Waals surface area contributed by atoms with Crippen LogP contribution in [0.15, 0.2) is 229 Å². The normalized spacial score (nSPS) is 11.7. The Labute approximate surface area is 347 Å². The molecule has 0 saturated carbocycles. The van der Waals surface area contributed by atoms with E-state index in [1.54, 1.807) is 0 Å². The first kappa shape index (κ1) is 34.1. The molecule has 0 saturated heterocycles. The molecule has 0 aliphatic carbocycles. The van der Waals surface area contributed by atoms with Gasteiger partial charge in [0.25, 0.3) is 0 Å². The highest BCUT2D eigenvalue weighted by atomic mass is 16.3. The predicted octanol–water partition coefficient (Wildman–Crippen LogP) is 16.7. The third-order valence-electron chi connectivity index (χ3n) is 12.2. The molecular formula is C58H37NO. The first-order chi connectivity index (χ1) is 29.7. The van der Waals surface area contributed by atoms with Crippen LogP contribution in [0.3, 0.4) is 0 Å². The molecule has 60 heavy (non-hydrogen) atoms. The summed E-state index contributed by atoms with van der Waals surface area (Å²) in [5.41, 5.74) is 12.0. The van der Waals surface area contributed by atoms with E-state index >= 15 is 0 Å². The van der Waals surface area contributed by atoms with E-state index in [4.69, 9.17) is 4.42 Å². The molecule has 12 aromatic rings. The van der Waals surface area contributed by atoms with Gasteiger partial charge in [-0.1, -0.05) is 164 Å². The Morgan fingerprint density at radius 3 is 1.23 bits per heavy atom. The van der Waals surface area contributed by atoms with Crippen LogP contribution in [0.1, 0.15) is 0 Å². The Balaban J connectivity index is 0.937. The van der Waals surface area contributed by atoms with Gasteiger partial charge in [-0.3, -0.25) is 0 Å². The first-order valence-electron chi connectivity index (χ1n) is 20.6. The Morgan fingerprint density at radius 1 is 0.283 bits per heavy atom. The average molecular weight is 764 g/mol. The largest absolute Gasteiger partial charge is 0.454 e. The van der Waals surface area contributed by atoms with E-state index < -0.39 is 0 Å². The van der Waals surface area contributed by atoms with Crippen molar-refractivity contribution < 1.29 is 4.42 Å². The number of hydrogen-bond acceptors (Lipinski definition) is 2. The fourth-order valence-corrected chi connectivity index (χ4v) is 9.11. The molecule has 0 fully saturated rings. The Bertz CT molecular complexity index is 3600. The smallest absolute Gasteiger partial charge is 0.159 e. The molecular weight excluding hydrogens is 727 g/mol. The second-order valence-corrected chi connectivity index (χ2v) is 15.7. The Morgan fingerprint density at radius 2 is 0.683 bits per heavy atom. The maximum absolute atomic E-state index is 6.80. The average Bonchev–Trinajstić information content (AvgIpc) is 3.72. The highest BCUT2D eigenvalue weighted by Gasteiger charge is 2.21. The van der Waals surface area contributed by atoms with E-state index in [1.807, 2.05) is 0 Å². The van der Waals surface area contributed by atoms with Gasteiger partial charge in [0.05, 0.1) is 5.69 Å². The fraction of sp³-hybridized carbons (Fsp3) is 0. The first-order valence-corrected chi connectivity index (χ1v) is 20.6. The molecule has 1 aromatic heterocycles. The lowest BCUT2D eigenvalue weighted by Crippen LogP contribution is -2.10. The van der Waals surface area contributed by atoms with Gasteiger partial charge in [-0.25, -0.2) is 0 Å². The van der Waals surface area contributed by atoms with Crippen LogP contribution >= 0.6 is 0 Å². The van der Waals surface area contributed by atoms with Crippen molar-refractivity contribution >= 4 is 82.1 Å². The minimum atomic E-state index is 0.865. The number of rotatable bonds is 6. The van der Waals surface area contributed by atoms with Crippen molar-refractivity contribution in [1.29, 1.82) is 0 Å². The fourth-order valence-electron chi connectivity index (χ4n) is 9.11. The van der Waals surface area contributed by atoms with E-state index in [-0.39, 0.29) is 0 Å². The summed E-state index contributed by atoms with van der Waals surface area (Å²) in [5, 5.41) is 12.1. The molecule has 0 radical (unpaired) electrons. The van der Waals surface area contributed by atoms with Crippen molar-refractivity contribution in [3.05, 3.63) is 224 Å². The molecule has 11 aromatic carbocycles. The standard InChI is InChI=1S/C58H37NO/c1-3-11-43-34-45(18-16-38(43)8-1)40-24-29-51(30-25-40)59(55-15-7-14-54-57-53-13-6-5-10-42(53)28-33-56(57)60-58(54)55)52-31-26-41(27-32-52)46-20-21-49-37-50(23-22-48(49)36-46)47-19-17-39-9-2-4-12-44(39)35-47/h1-37H. The number of hydrogen-bond donors (Lipinski definition) is 0. The highest BCUT2D eigenvalue weighted by molar-refractivity contribution is 6.21. The minimum Gasteiger partial charge on any atom is -0.454 e. The third-order valence-corrected chi connectivity index (χ3v) is 12.2. The van der Waals surface area contributed by atoms with Crippen LogP contribution in [0.25, 0.3) is 98.4 Å². The number of fused-ring (bicyclic) bond motifs is 8. The van der Waals surface area contributed by atoms with Gasteiger partial charge in [0.1, 0.15) is 5.58 Å². The summed E-state index contributed by atoms with van der Waals surface area (Å²) >= 11 is 0. The van der Waals surface area contributed by atoms with Crippen molar-refractivity contribution in [3.8, 4) is 33.4 Å². The van der Waals surface area contributed by atoms with Gasteiger partial charge in [-0.05, 0) is 137 Å². The molecule has 0 aliphatic heterocycles. The van der Waals surface area contributed by atoms with E-state index in [2.05, 4.69) is 229 Å². The molecule has 280 valence electrons. The summed E-state index contributed by atoms with van der Waals surface area (Å²) < 4.78 is 6.80. The van der Waals surface area contributed by atoms with Crippen LogP contribution in [0.4, 0.5) is 17.1 Å². The maximum Gasteiger partial charge on any atom is 0.159 e. The van der Waals surface area contributed by atoms with Crippen LogP contribution in [0, 0.1) is 0 Å². The van der Waals surface area contributed by atoms with Crippen LogP contribution in [0.5, 0.6) is 0 Å². The van der Waals surface area contributed by atoms with Crippen molar-refractivity contribution in [2.24, 2.45) is 0 Å². The van der Waals surface area contributed by atoms with Gasteiger partial charge >= 0.3 is 0 Å². The third kappa shape index (κ3) is 5.81. The number of furan rings is 1. The van der Waals surface area contributed by atoms with Gasteiger partial charge in [-0.2, -0.15) is 0 Å². The summed E-state index contributed by atoms with van der Waals surface area (Å²) in [6, 6.07) is 81.2. The zero-order valence-corrected chi connectivity index (χ0v) is 32.7. The molecule has 12 rings (SSSR count). The highest BCUT2D eigenvalue weighted by Crippen LogP contribution is 2.44. The van der Waals surface area contributed by atoms with Crippen molar-refractivity contribution in [2.75, 3.05) is 4.90 Å². The topological polar surface area (TPSA) is 16.4 Å². The molecule has 0 atom stereocenters. The zero-order chi connectivity index (χ0) is 39.6. The molecule has 2 nitrogen and oxygen atoms in total. The molecule has 2 heteroatoms. The monoisotopic (exact) mass is 763 g/mol. The molecule has 0 amide bonds. The van der Waals surface area contributed by atoms with E-state index in [0.717, 1.165) is 39.0 Å². The summed E-state index contributed by atoms with van der Waals surface area (Å²) in [6.07, 6.45) is 0. The van der Waals surface area contributed by atoms with Crippen molar-refractivity contribution in [3.63, 3.8) is 0 Å². The Kier molecular flexibility index (Phi) is 7.89. The second-order valence-electron chi connectivity index (χ2n) is 15.7. The molecule has 0 bridgehead atoms. The van der Waals surface area contributed by atoms with Crippen molar-refractivity contribution in [2.45, 2.75) is 0 Å². The van der Waals surface area contributed by atoms with E-state index in [1.165, 1.54) is 76.5 Å². The lowest BCUT2D eigenvalue weighted by Gasteiger charge is -2.26. The Hall–Kier alpha value is -7.94. The minimum absolute atomic E-state index is 0.865. The number of para-hydroxylation sites is 1. The van der Waals surface area contributed by atoms with Gasteiger partial charge in [0, 0.05) is 22.1 Å².